The largest absolute Gasteiger partial charge is 0.477 e. The molecule has 2 fully saturated rings. The number of aromatic carboxylic acids is 1. The maximum Gasteiger partial charge on any atom is 0.353 e. The summed E-state index contributed by atoms with van der Waals surface area (Å²) in [6.07, 6.45) is 3.59. The number of rotatable bonds is 13. The van der Waals surface area contributed by atoms with E-state index in [-0.39, 0.29) is 70.9 Å². The number of benzene rings is 4. The van der Waals surface area contributed by atoms with Crippen molar-refractivity contribution in [2.24, 2.45) is 23.7 Å². The molecule has 0 spiro atoms. The Morgan fingerprint density at radius 2 is 0.915 bits per heavy atom. The summed E-state index contributed by atoms with van der Waals surface area (Å²) in [5.41, 5.74) is 0.631. The van der Waals surface area contributed by atoms with E-state index in [2.05, 4.69) is 0 Å². The Labute approximate surface area is 418 Å². The lowest BCUT2D eigenvalue weighted by atomic mass is 9.94. The molecule has 0 radical (unpaired) electrons. The number of unbranched alkanes of at least 4 members (excludes halogenated alkanes) is 1. The average Bonchev–Trinajstić information content (AvgIpc) is 3.81. The lowest BCUT2D eigenvalue weighted by Gasteiger charge is -2.34. The number of carbonyl (C=O) groups excluding carboxylic acids is 1. The van der Waals surface area contributed by atoms with Crippen LogP contribution in [0.25, 0.3) is 21.8 Å². The number of fused-ring (bicyclic) bond motifs is 2. The van der Waals surface area contributed by atoms with Crippen LogP contribution in [0.4, 0.5) is 0 Å². The van der Waals surface area contributed by atoms with Gasteiger partial charge in [0.25, 0.3) is 26.0 Å². The van der Waals surface area contributed by atoms with Gasteiger partial charge in [-0.05, 0) is 129 Å². The molecule has 1 N–H and O–H groups in total. The molecule has 2 aromatic heterocycles. The van der Waals surface area contributed by atoms with Gasteiger partial charge in [0, 0.05) is 50.5 Å². The van der Waals surface area contributed by atoms with Crippen LogP contribution >= 0.6 is 0 Å². The third-order valence-corrected chi connectivity index (χ3v) is 20.5. The summed E-state index contributed by atoms with van der Waals surface area (Å²) in [6, 6.07) is 24.1. The van der Waals surface area contributed by atoms with E-state index in [0.29, 0.717) is 43.7 Å². The zero-order valence-corrected chi connectivity index (χ0v) is 44.6. The molecule has 4 atom stereocenters. The molecule has 4 heterocycles. The standard InChI is InChI=1S/C28H37N3O5S2.C23H26N2O6S2/c1-6-7-15-29(5)28(32)27-22(4)25-17-24(37(33,34)30-18-20(2)16-21(3)19-30)13-14-26(25)31(27)38(35,36)23-11-9-8-10-12-23;1-15-11-16(2)14-24(13-15)32(28,29)19-9-10-21-20(12-19)17(3)22(23(26)27)25(21)33(30,31)18-7-5-4-6-8-18/h8-14,17,20-21H,6-7,15-16,18-19H2,1-5H3;4-10,12,15-16H,11,13-14H2,1-3H3,(H,26,27). The maximum absolute atomic E-state index is 13.9. The molecule has 2 saturated heterocycles. The van der Waals surface area contributed by atoms with E-state index < -0.39 is 57.7 Å². The topological polar surface area (TPSA) is 211 Å². The predicted molar refractivity (Wildman–Crippen MR) is 274 cm³/mol. The fraction of sp³-hybridized carbons (Fsp3) is 0.412. The van der Waals surface area contributed by atoms with Crippen LogP contribution < -0.4 is 0 Å². The number of hydrogen-bond donors (Lipinski definition) is 1. The van der Waals surface area contributed by atoms with Crippen molar-refractivity contribution < 1.29 is 48.4 Å². The Bertz CT molecular complexity index is 3430. The number of aromatic nitrogens is 2. The van der Waals surface area contributed by atoms with Crippen molar-refractivity contribution >= 4 is 73.8 Å². The Hall–Kier alpha value is -5.38. The summed E-state index contributed by atoms with van der Waals surface area (Å²) in [5, 5.41) is 10.5. The van der Waals surface area contributed by atoms with Crippen molar-refractivity contribution in [3.8, 4) is 0 Å². The number of hydrogen-bond acceptors (Lipinski definition) is 10. The zero-order chi connectivity index (χ0) is 52.0. The predicted octanol–water partition coefficient (Wildman–Crippen LogP) is 8.28. The van der Waals surface area contributed by atoms with Crippen LogP contribution in [0, 0.1) is 37.5 Å². The van der Waals surface area contributed by atoms with Crippen LogP contribution in [0.5, 0.6) is 0 Å². The lowest BCUT2D eigenvalue weighted by Crippen LogP contribution is -2.42. The van der Waals surface area contributed by atoms with Gasteiger partial charge in [-0.15, -0.1) is 0 Å². The first-order valence-electron chi connectivity index (χ1n) is 23.7. The van der Waals surface area contributed by atoms with E-state index in [1.165, 1.54) is 81.1 Å². The van der Waals surface area contributed by atoms with Gasteiger partial charge in [-0.2, -0.15) is 8.61 Å². The molecular weight excluding hydrogens is 987 g/mol. The van der Waals surface area contributed by atoms with Crippen molar-refractivity contribution in [2.75, 3.05) is 39.8 Å². The number of carboxylic acids is 1. The first-order valence-corrected chi connectivity index (χ1v) is 29.5. The highest BCUT2D eigenvalue weighted by Gasteiger charge is 2.37. The molecule has 16 nitrogen and oxygen atoms in total. The van der Waals surface area contributed by atoms with Crippen LogP contribution in [0.3, 0.4) is 0 Å². The Morgan fingerprint density at radius 1 is 0.549 bits per heavy atom. The molecule has 0 aliphatic carbocycles. The summed E-state index contributed by atoms with van der Waals surface area (Å²) in [5.74, 6) is -0.881. The molecule has 0 saturated carbocycles. The molecule has 8 rings (SSSR count). The maximum atomic E-state index is 13.9. The Kier molecular flexibility index (Phi) is 15.5. The van der Waals surface area contributed by atoms with Gasteiger partial charge >= 0.3 is 5.97 Å². The minimum Gasteiger partial charge on any atom is -0.477 e. The summed E-state index contributed by atoms with van der Waals surface area (Å²) < 4.78 is 113. The molecule has 2 aliphatic heterocycles. The van der Waals surface area contributed by atoms with Gasteiger partial charge in [0.2, 0.25) is 20.0 Å². The van der Waals surface area contributed by atoms with Crippen molar-refractivity contribution in [1.29, 1.82) is 0 Å². The van der Waals surface area contributed by atoms with Gasteiger partial charge < -0.3 is 10.0 Å². The monoisotopic (exact) mass is 1050 g/mol. The summed E-state index contributed by atoms with van der Waals surface area (Å²) in [4.78, 5) is 27.4. The van der Waals surface area contributed by atoms with E-state index >= 15 is 0 Å². The second-order valence-electron chi connectivity index (χ2n) is 19.4. The highest BCUT2D eigenvalue weighted by molar-refractivity contribution is 7.90. The number of sulfonamides is 2. The van der Waals surface area contributed by atoms with E-state index in [4.69, 9.17) is 0 Å². The number of nitrogens with zero attached hydrogens (tertiary/aromatic N) is 5. The number of carboxylic acid groups (broad SMARTS) is 1. The molecule has 71 heavy (non-hydrogen) atoms. The molecule has 4 aromatic carbocycles. The molecule has 2 aliphatic rings. The first-order chi connectivity index (χ1) is 33.3. The minimum atomic E-state index is -4.23. The van der Waals surface area contributed by atoms with Crippen LogP contribution in [0.2, 0.25) is 0 Å². The zero-order valence-electron chi connectivity index (χ0n) is 41.3. The lowest BCUT2D eigenvalue weighted by molar-refractivity contribution is 0.0688. The number of piperidine rings is 2. The van der Waals surface area contributed by atoms with Crippen molar-refractivity contribution in [1.82, 2.24) is 21.5 Å². The number of amides is 1. The van der Waals surface area contributed by atoms with Crippen LogP contribution in [-0.4, -0.2) is 112 Å². The third-order valence-electron chi connectivity index (χ3n) is 13.4. The van der Waals surface area contributed by atoms with Gasteiger partial charge in [-0.3, -0.25) is 4.79 Å². The summed E-state index contributed by atoms with van der Waals surface area (Å²) in [7, 11) is -14.3. The molecule has 0 bridgehead atoms. The molecule has 382 valence electrons. The Balaban J connectivity index is 0.000000211. The van der Waals surface area contributed by atoms with Crippen LogP contribution in [-0.2, 0) is 40.1 Å². The molecular formula is C51H63N5O11S4. The van der Waals surface area contributed by atoms with Gasteiger partial charge in [-0.1, -0.05) is 77.4 Å². The van der Waals surface area contributed by atoms with Crippen LogP contribution in [0.1, 0.15) is 92.4 Å². The smallest absolute Gasteiger partial charge is 0.353 e. The average molecular weight is 1050 g/mol. The molecule has 6 aromatic rings. The quantitative estimate of drug-likeness (QED) is 0.116. The SMILES string of the molecule is CCCCN(C)C(=O)c1c(C)c2cc(S(=O)(=O)N3CC(C)CC(C)C3)ccc2n1S(=O)(=O)c1ccccc1.Cc1c(C(=O)O)n(S(=O)(=O)c2ccccc2)c2ccc(S(=O)(=O)N3CC(C)CC(C)C3)cc12. The molecule has 1 amide bonds. The summed E-state index contributed by atoms with van der Waals surface area (Å²) in [6.45, 7) is 15.5. The summed E-state index contributed by atoms with van der Waals surface area (Å²) >= 11 is 0. The first kappa shape index (κ1) is 53.4. The van der Waals surface area contributed by atoms with Crippen LogP contribution in [0.15, 0.2) is 117 Å². The number of aryl methyl sites for hydroxylation is 2. The van der Waals surface area contributed by atoms with Gasteiger partial charge in [-0.25, -0.2) is 46.4 Å². The fourth-order valence-electron chi connectivity index (χ4n) is 10.1. The third kappa shape index (κ3) is 10.3. The van der Waals surface area contributed by atoms with E-state index in [1.807, 2.05) is 34.6 Å². The second kappa shape index (κ2) is 20.6. The Morgan fingerprint density at radius 3 is 1.28 bits per heavy atom. The van der Waals surface area contributed by atoms with E-state index in [1.54, 1.807) is 50.4 Å². The second-order valence-corrected chi connectivity index (χ2v) is 26.8. The normalized spacial score (nSPS) is 19.6. The number of carbonyl (C=O) groups is 2. The molecule has 4 unspecified atom stereocenters. The van der Waals surface area contributed by atoms with Gasteiger partial charge in [0.1, 0.15) is 11.4 Å². The van der Waals surface area contributed by atoms with Crippen molar-refractivity contribution in [2.45, 2.75) is 93.7 Å². The fourth-order valence-corrected chi connectivity index (χ4v) is 16.7. The van der Waals surface area contributed by atoms with Gasteiger partial charge in [0.05, 0.1) is 30.6 Å². The minimum absolute atomic E-state index is 0.0191. The highest BCUT2D eigenvalue weighted by Crippen LogP contribution is 2.36. The van der Waals surface area contributed by atoms with Crippen molar-refractivity contribution in [3.63, 3.8) is 0 Å². The molecule has 20 heteroatoms. The highest BCUT2D eigenvalue weighted by atomic mass is 32.2. The van der Waals surface area contributed by atoms with E-state index in [0.717, 1.165) is 33.6 Å². The van der Waals surface area contributed by atoms with Gasteiger partial charge in [0.15, 0.2) is 0 Å². The van der Waals surface area contributed by atoms with Crippen molar-refractivity contribution in [3.05, 3.63) is 120 Å². The van der Waals surface area contributed by atoms with E-state index in [9.17, 15) is 48.4 Å².